The van der Waals surface area contributed by atoms with Gasteiger partial charge in [0.2, 0.25) is 0 Å². The van der Waals surface area contributed by atoms with Crippen LogP contribution in [0.3, 0.4) is 0 Å². The molecular weight excluding hydrogens is 429 g/mol. The van der Waals surface area contributed by atoms with Crippen LogP contribution in [-0.4, -0.2) is 38.7 Å². The van der Waals surface area contributed by atoms with E-state index in [1.165, 1.54) is 0 Å². The van der Waals surface area contributed by atoms with Crippen LogP contribution in [0.1, 0.15) is 25.3 Å². The highest BCUT2D eigenvalue weighted by atomic mass is 127. The molecule has 0 spiro atoms. The summed E-state index contributed by atoms with van der Waals surface area (Å²) in [6, 6.07) is 7.80. The third kappa shape index (κ3) is 9.65. The summed E-state index contributed by atoms with van der Waals surface area (Å²) < 4.78 is 4.88. The van der Waals surface area contributed by atoms with Crippen molar-refractivity contribution in [3.63, 3.8) is 0 Å². The Hall–Kier alpha value is -1.02. The second-order valence-corrected chi connectivity index (χ2v) is 5.08. The van der Waals surface area contributed by atoms with Crippen LogP contribution in [0.4, 0.5) is 0 Å². The number of esters is 1. The highest BCUT2D eigenvalue weighted by molar-refractivity contribution is 14.0. The first-order valence-electron chi connectivity index (χ1n) is 7.51. The molecule has 23 heavy (non-hydrogen) atoms. The number of benzene rings is 1. The van der Waals surface area contributed by atoms with Crippen LogP contribution in [0.2, 0.25) is 5.02 Å². The van der Waals surface area contributed by atoms with Crippen LogP contribution in [0, 0.1) is 0 Å². The molecule has 0 aliphatic carbocycles. The van der Waals surface area contributed by atoms with Crippen molar-refractivity contribution in [2.45, 2.75) is 26.2 Å². The van der Waals surface area contributed by atoms with Crippen molar-refractivity contribution < 1.29 is 9.53 Å². The molecule has 0 fully saturated rings. The summed E-state index contributed by atoms with van der Waals surface area (Å²) in [6.45, 7) is 3.64. The number of carbonyl (C=O) groups is 1. The van der Waals surface area contributed by atoms with E-state index in [2.05, 4.69) is 15.6 Å². The van der Waals surface area contributed by atoms with E-state index in [4.69, 9.17) is 16.3 Å². The molecule has 0 atom stereocenters. The summed E-state index contributed by atoms with van der Waals surface area (Å²) >= 11 is 6.11. The van der Waals surface area contributed by atoms with Crippen LogP contribution in [-0.2, 0) is 16.0 Å². The molecule has 5 nitrogen and oxygen atoms in total. The zero-order valence-corrected chi connectivity index (χ0v) is 16.7. The smallest absolute Gasteiger partial charge is 0.305 e. The molecule has 0 heterocycles. The monoisotopic (exact) mass is 453 g/mol. The maximum atomic E-state index is 11.2. The molecule has 0 unspecified atom stereocenters. The fraction of sp³-hybridized carbons (Fsp3) is 0.500. The van der Waals surface area contributed by atoms with E-state index in [9.17, 15) is 4.79 Å². The van der Waals surface area contributed by atoms with Crippen LogP contribution in [0.25, 0.3) is 0 Å². The highest BCUT2D eigenvalue weighted by Gasteiger charge is 2.03. The molecule has 1 rings (SSSR count). The lowest BCUT2D eigenvalue weighted by Gasteiger charge is -2.12. The Morgan fingerprint density at radius 2 is 1.96 bits per heavy atom. The highest BCUT2D eigenvalue weighted by Crippen LogP contribution is 2.14. The predicted molar refractivity (Wildman–Crippen MR) is 106 cm³/mol. The molecule has 1 aromatic carbocycles. The van der Waals surface area contributed by atoms with E-state index in [0.29, 0.717) is 26.0 Å². The van der Waals surface area contributed by atoms with Crippen molar-refractivity contribution in [3.05, 3.63) is 34.9 Å². The fourth-order valence-corrected chi connectivity index (χ4v) is 2.14. The molecule has 0 radical (unpaired) electrons. The maximum absolute atomic E-state index is 11.2. The molecule has 0 saturated carbocycles. The van der Waals surface area contributed by atoms with Gasteiger partial charge in [0, 0.05) is 31.6 Å². The van der Waals surface area contributed by atoms with E-state index in [0.717, 1.165) is 29.5 Å². The first kappa shape index (κ1) is 22.0. The van der Waals surface area contributed by atoms with Gasteiger partial charge >= 0.3 is 5.97 Å². The Balaban J connectivity index is 0.00000484. The lowest BCUT2D eigenvalue weighted by atomic mass is 10.1. The Morgan fingerprint density at radius 3 is 2.61 bits per heavy atom. The van der Waals surface area contributed by atoms with Crippen LogP contribution >= 0.6 is 35.6 Å². The van der Waals surface area contributed by atoms with E-state index in [-0.39, 0.29) is 29.9 Å². The lowest BCUT2D eigenvalue weighted by molar-refractivity contribution is -0.143. The maximum Gasteiger partial charge on any atom is 0.305 e. The summed E-state index contributed by atoms with van der Waals surface area (Å²) in [5, 5.41) is 7.17. The molecule has 0 aliphatic heterocycles. The number of guanidine groups is 1. The van der Waals surface area contributed by atoms with Gasteiger partial charge in [-0.2, -0.15) is 0 Å². The van der Waals surface area contributed by atoms with Gasteiger partial charge in [-0.15, -0.1) is 24.0 Å². The summed E-state index contributed by atoms with van der Waals surface area (Å²) in [6.07, 6.45) is 1.95. The van der Waals surface area contributed by atoms with Gasteiger partial charge in [0.15, 0.2) is 5.96 Å². The standard InChI is InChI=1S/C16H24ClN3O2.HI/c1-3-22-15(21)9-6-11-19-16(18-2)20-12-10-13-7-4-5-8-14(13)17;/h4-5,7-8H,3,6,9-12H2,1-2H3,(H2,18,19,20);1H. The van der Waals surface area contributed by atoms with Gasteiger partial charge in [0.05, 0.1) is 6.61 Å². The number of halogens is 2. The minimum atomic E-state index is -0.161. The van der Waals surface area contributed by atoms with Crippen molar-refractivity contribution in [1.82, 2.24) is 10.6 Å². The third-order valence-electron chi connectivity index (χ3n) is 3.02. The Bertz CT molecular complexity index is 498. The number of rotatable bonds is 8. The lowest BCUT2D eigenvalue weighted by Crippen LogP contribution is -2.38. The van der Waals surface area contributed by atoms with Gasteiger partial charge in [-0.3, -0.25) is 9.79 Å². The summed E-state index contributed by atoms with van der Waals surface area (Å²) in [7, 11) is 1.72. The Kier molecular flexibility index (Phi) is 12.8. The van der Waals surface area contributed by atoms with Crippen molar-refractivity contribution in [2.24, 2.45) is 4.99 Å². The van der Waals surface area contributed by atoms with Crippen molar-refractivity contribution in [3.8, 4) is 0 Å². The van der Waals surface area contributed by atoms with Gasteiger partial charge in [-0.1, -0.05) is 29.8 Å². The minimum Gasteiger partial charge on any atom is -0.466 e. The summed E-state index contributed by atoms with van der Waals surface area (Å²) in [5.41, 5.74) is 1.11. The second kappa shape index (κ2) is 13.4. The molecule has 130 valence electrons. The molecule has 0 aliphatic rings. The van der Waals surface area contributed by atoms with E-state index < -0.39 is 0 Å². The van der Waals surface area contributed by atoms with Crippen molar-refractivity contribution in [2.75, 3.05) is 26.7 Å². The predicted octanol–water partition coefficient (Wildman–Crippen LogP) is 3.01. The first-order valence-corrected chi connectivity index (χ1v) is 7.88. The number of hydrogen-bond acceptors (Lipinski definition) is 3. The fourth-order valence-electron chi connectivity index (χ4n) is 1.91. The van der Waals surface area contributed by atoms with Gasteiger partial charge < -0.3 is 15.4 Å². The topological polar surface area (TPSA) is 62.7 Å². The van der Waals surface area contributed by atoms with Gasteiger partial charge in [0.1, 0.15) is 0 Å². The molecule has 7 heteroatoms. The van der Waals surface area contributed by atoms with Crippen LogP contribution in [0.5, 0.6) is 0 Å². The van der Waals surface area contributed by atoms with Crippen molar-refractivity contribution >= 4 is 47.5 Å². The largest absolute Gasteiger partial charge is 0.466 e. The van der Waals surface area contributed by atoms with E-state index >= 15 is 0 Å². The minimum absolute atomic E-state index is 0. The Morgan fingerprint density at radius 1 is 1.26 bits per heavy atom. The third-order valence-corrected chi connectivity index (χ3v) is 3.39. The first-order chi connectivity index (χ1) is 10.7. The number of ether oxygens (including phenoxy) is 1. The average molecular weight is 454 g/mol. The number of hydrogen-bond donors (Lipinski definition) is 2. The molecule has 0 aromatic heterocycles. The molecule has 1 aromatic rings. The number of nitrogens with one attached hydrogen (secondary N) is 2. The zero-order valence-electron chi connectivity index (χ0n) is 13.6. The van der Waals surface area contributed by atoms with Crippen LogP contribution in [0.15, 0.2) is 29.3 Å². The van der Waals surface area contributed by atoms with E-state index in [1.807, 2.05) is 24.3 Å². The van der Waals surface area contributed by atoms with E-state index in [1.54, 1.807) is 14.0 Å². The normalized spacial score (nSPS) is 10.7. The van der Waals surface area contributed by atoms with Gasteiger partial charge in [-0.25, -0.2) is 0 Å². The number of aliphatic imine (C=N–C) groups is 1. The SMILES string of the molecule is CCOC(=O)CCCNC(=NC)NCCc1ccccc1Cl.I. The zero-order chi connectivity index (χ0) is 16.2. The molecule has 0 amide bonds. The van der Waals surface area contributed by atoms with Crippen LogP contribution < -0.4 is 10.6 Å². The number of carbonyl (C=O) groups excluding carboxylic acids is 1. The quantitative estimate of drug-likeness (QED) is 0.209. The van der Waals surface area contributed by atoms with Gasteiger partial charge in [-0.05, 0) is 31.4 Å². The average Bonchev–Trinajstić information content (AvgIpc) is 2.51. The molecular formula is C16H25ClIN3O2. The molecule has 0 saturated heterocycles. The van der Waals surface area contributed by atoms with Gasteiger partial charge in [0.25, 0.3) is 0 Å². The summed E-state index contributed by atoms with van der Waals surface area (Å²) in [5.74, 6) is 0.557. The Labute approximate surface area is 160 Å². The summed E-state index contributed by atoms with van der Waals surface area (Å²) in [4.78, 5) is 15.3. The number of nitrogens with zero attached hydrogens (tertiary/aromatic N) is 1. The molecule has 2 N–H and O–H groups in total. The molecule has 0 bridgehead atoms. The second-order valence-electron chi connectivity index (χ2n) is 4.68. The van der Waals surface area contributed by atoms with Crippen molar-refractivity contribution in [1.29, 1.82) is 0 Å².